The second kappa shape index (κ2) is 12.1. The molecule has 0 spiro atoms. The van der Waals surface area contributed by atoms with Gasteiger partial charge in [0.2, 0.25) is 5.91 Å². The van der Waals surface area contributed by atoms with Gasteiger partial charge in [0, 0.05) is 13.1 Å². The van der Waals surface area contributed by atoms with Crippen molar-refractivity contribution in [1.29, 1.82) is 0 Å². The van der Waals surface area contributed by atoms with E-state index in [1.54, 1.807) is 25.1 Å². The van der Waals surface area contributed by atoms with E-state index >= 15 is 0 Å². The minimum absolute atomic E-state index is 0.176. The van der Waals surface area contributed by atoms with Crippen LogP contribution in [0.25, 0.3) is 0 Å². The van der Waals surface area contributed by atoms with Gasteiger partial charge >= 0.3 is 0 Å². The fourth-order valence-corrected chi connectivity index (χ4v) is 3.37. The van der Waals surface area contributed by atoms with Crippen LogP contribution < -0.4 is 10.1 Å². The number of benzene rings is 2. The summed E-state index contributed by atoms with van der Waals surface area (Å²) in [5, 5.41) is 3.73. The molecule has 1 atom stereocenters. The number of hydrogen-bond acceptors (Lipinski definition) is 3. The summed E-state index contributed by atoms with van der Waals surface area (Å²) in [6.07, 6.45) is 0. The van der Waals surface area contributed by atoms with Crippen molar-refractivity contribution >= 4 is 35.0 Å². The quantitative estimate of drug-likeness (QED) is 0.477. The molecule has 0 aliphatic heterocycles. The summed E-state index contributed by atoms with van der Waals surface area (Å²) in [6, 6.07) is 12.2. The highest BCUT2D eigenvalue weighted by Crippen LogP contribution is 2.24. The van der Waals surface area contributed by atoms with Gasteiger partial charge in [-0.15, -0.1) is 0 Å². The van der Waals surface area contributed by atoms with Crippen molar-refractivity contribution < 1.29 is 14.3 Å². The first kappa shape index (κ1) is 26.0. The van der Waals surface area contributed by atoms with E-state index in [-0.39, 0.29) is 25.0 Å². The van der Waals surface area contributed by atoms with Gasteiger partial charge in [-0.3, -0.25) is 9.59 Å². The minimum atomic E-state index is -0.678. The molecule has 0 heterocycles. The molecule has 2 aromatic carbocycles. The summed E-state index contributed by atoms with van der Waals surface area (Å²) >= 11 is 12.2. The summed E-state index contributed by atoms with van der Waals surface area (Å²) in [6.45, 7) is 10.5. The largest absolute Gasteiger partial charge is 0.484 e. The molecule has 0 saturated heterocycles. The van der Waals surface area contributed by atoms with Crippen LogP contribution in [0.2, 0.25) is 10.0 Å². The maximum atomic E-state index is 13.1. The van der Waals surface area contributed by atoms with Crippen molar-refractivity contribution in [3.8, 4) is 5.75 Å². The van der Waals surface area contributed by atoms with E-state index in [9.17, 15) is 9.59 Å². The zero-order valence-corrected chi connectivity index (χ0v) is 20.8. The van der Waals surface area contributed by atoms with Gasteiger partial charge < -0.3 is 15.0 Å². The predicted octanol–water partition coefficient (Wildman–Crippen LogP) is 5.69. The van der Waals surface area contributed by atoms with Crippen LogP contribution in [0, 0.1) is 5.92 Å². The molecule has 0 aliphatic carbocycles. The standard InChI is InChI=1S/C25H32Cl2N2O3/c1-16(2)13-28-25(31)18(5)29(14-19-6-11-22(26)23(27)12-19)24(30)15-32-21-9-7-20(8-10-21)17(3)4/h6-12,16-18H,13-15H2,1-5H3,(H,28,31)/t18-/m0/s1. The Kier molecular flexibility index (Phi) is 9.85. The highest BCUT2D eigenvalue weighted by atomic mass is 35.5. The number of ether oxygens (including phenoxy) is 1. The van der Waals surface area contributed by atoms with Crippen LogP contribution >= 0.6 is 23.2 Å². The second-order valence-corrected chi connectivity index (χ2v) is 9.41. The van der Waals surface area contributed by atoms with Crippen molar-refractivity contribution in [2.45, 2.75) is 53.1 Å². The maximum absolute atomic E-state index is 13.1. The molecule has 0 fully saturated rings. The first-order valence-corrected chi connectivity index (χ1v) is 11.6. The van der Waals surface area contributed by atoms with Crippen LogP contribution in [0.1, 0.15) is 51.7 Å². The Morgan fingerprint density at radius 3 is 2.19 bits per heavy atom. The van der Waals surface area contributed by atoms with Gasteiger partial charge in [-0.05, 0) is 54.2 Å². The van der Waals surface area contributed by atoms with Crippen molar-refractivity contribution in [2.75, 3.05) is 13.2 Å². The zero-order chi connectivity index (χ0) is 23.8. The summed E-state index contributed by atoms with van der Waals surface area (Å²) < 4.78 is 5.72. The average Bonchev–Trinajstić information content (AvgIpc) is 2.76. The van der Waals surface area contributed by atoms with Crippen molar-refractivity contribution in [2.24, 2.45) is 5.92 Å². The summed E-state index contributed by atoms with van der Waals surface area (Å²) in [5.74, 6) is 0.818. The molecule has 2 aromatic rings. The number of hydrogen-bond donors (Lipinski definition) is 1. The molecule has 7 heteroatoms. The monoisotopic (exact) mass is 478 g/mol. The fourth-order valence-electron chi connectivity index (χ4n) is 3.05. The lowest BCUT2D eigenvalue weighted by Gasteiger charge is -2.29. The Morgan fingerprint density at radius 2 is 1.62 bits per heavy atom. The third-order valence-electron chi connectivity index (χ3n) is 5.10. The lowest BCUT2D eigenvalue weighted by atomic mass is 10.0. The highest BCUT2D eigenvalue weighted by Gasteiger charge is 2.26. The Labute approximate surface area is 201 Å². The number of carbonyl (C=O) groups excluding carboxylic acids is 2. The first-order valence-electron chi connectivity index (χ1n) is 10.8. The van der Waals surface area contributed by atoms with Gasteiger partial charge in [-0.25, -0.2) is 0 Å². The molecule has 0 aromatic heterocycles. The van der Waals surface area contributed by atoms with Crippen LogP contribution in [-0.2, 0) is 16.1 Å². The fraction of sp³-hybridized carbons (Fsp3) is 0.440. The molecular formula is C25H32Cl2N2O3. The predicted molar refractivity (Wildman–Crippen MR) is 130 cm³/mol. The van der Waals surface area contributed by atoms with E-state index in [0.717, 1.165) is 5.56 Å². The molecular weight excluding hydrogens is 447 g/mol. The number of carbonyl (C=O) groups is 2. The van der Waals surface area contributed by atoms with E-state index in [2.05, 4.69) is 19.2 Å². The molecule has 0 radical (unpaired) electrons. The third kappa shape index (κ3) is 7.72. The highest BCUT2D eigenvalue weighted by molar-refractivity contribution is 6.42. The summed E-state index contributed by atoms with van der Waals surface area (Å²) in [5.41, 5.74) is 1.97. The summed E-state index contributed by atoms with van der Waals surface area (Å²) in [7, 11) is 0. The number of halogens is 2. The van der Waals surface area contributed by atoms with E-state index in [1.165, 1.54) is 10.5 Å². The number of nitrogens with zero attached hydrogens (tertiary/aromatic N) is 1. The molecule has 2 amide bonds. The lowest BCUT2D eigenvalue weighted by molar-refractivity contribution is -0.142. The Morgan fingerprint density at radius 1 is 0.969 bits per heavy atom. The van der Waals surface area contributed by atoms with Crippen molar-refractivity contribution in [1.82, 2.24) is 10.2 Å². The van der Waals surface area contributed by atoms with Gasteiger partial charge in [0.15, 0.2) is 6.61 Å². The van der Waals surface area contributed by atoms with Crippen LogP contribution in [0.3, 0.4) is 0 Å². The smallest absolute Gasteiger partial charge is 0.261 e. The average molecular weight is 479 g/mol. The Hall–Kier alpha value is -2.24. The number of rotatable bonds is 10. The van der Waals surface area contributed by atoms with E-state index in [1.807, 2.05) is 38.1 Å². The van der Waals surface area contributed by atoms with Crippen molar-refractivity contribution in [3.05, 3.63) is 63.6 Å². The molecule has 0 saturated carbocycles. The molecule has 0 unspecified atom stereocenters. The van der Waals surface area contributed by atoms with Gasteiger partial charge in [0.05, 0.1) is 10.0 Å². The molecule has 0 aliphatic rings. The zero-order valence-electron chi connectivity index (χ0n) is 19.3. The van der Waals surface area contributed by atoms with Gasteiger partial charge in [-0.1, -0.05) is 69.1 Å². The van der Waals surface area contributed by atoms with E-state index < -0.39 is 6.04 Å². The maximum Gasteiger partial charge on any atom is 0.261 e. The SMILES string of the molecule is CC(C)CNC(=O)[C@H](C)N(Cc1ccc(Cl)c(Cl)c1)C(=O)COc1ccc(C(C)C)cc1. The number of amides is 2. The molecule has 5 nitrogen and oxygen atoms in total. The molecule has 1 N–H and O–H groups in total. The van der Waals surface area contributed by atoms with Crippen LogP contribution in [-0.4, -0.2) is 35.9 Å². The molecule has 0 bridgehead atoms. The van der Waals surface area contributed by atoms with Gasteiger partial charge in [0.1, 0.15) is 11.8 Å². The number of nitrogens with one attached hydrogen (secondary N) is 1. The Balaban J connectivity index is 2.14. The summed E-state index contributed by atoms with van der Waals surface area (Å²) in [4.78, 5) is 27.3. The van der Waals surface area contributed by atoms with Gasteiger partial charge in [-0.2, -0.15) is 0 Å². The van der Waals surface area contributed by atoms with Crippen LogP contribution in [0.5, 0.6) is 5.75 Å². The van der Waals surface area contributed by atoms with Crippen molar-refractivity contribution in [3.63, 3.8) is 0 Å². The first-order chi connectivity index (χ1) is 15.1. The van der Waals surface area contributed by atoms with Crippen LogP contribution in [0.4, 0.5) is 0 Å². The normalized spacial score (nSPS) is 12.0. The second-order valence-electron chi connectivity index (χ2n) is 8.60. The van der Waals surface area contributed by atoms with Gasteiger partial charge in [0.25, 0.3) is 5.91 Å². The third-order valence-corrected chi connectivity index (χ3v) is 5.84. The minimum Gasteiger partial charge on any atom is -0.484 e. The molecule has 174 valence electrons. The molecule has 32 heavy (non-hydrogen) atoms. The topological polar surface area (TPSA) is 58.6 Å². The molecule has 2 rings (SSSR count). The lowest BCUT2D eigenvalue weighted by Crippen LogP contribution is -2.49. The Bertz CT molecular complexity index is 914. The van der Waals surface area contributed by atoms with E-state index in [4.69, 9.17) is 27.9 Å². The van der Waals surface area contributed by atoms with Crippen LogP contribution in [0.15, 0.2) is 42.5 Å². The van der Waals surface area contributed by atoms with E-state index in [0.29, 0.717) is 34.2 Å².